The van der Waals surface area contributed by atoms with Crippen molar-refractivity contribution < 1.29 is 22.8 Å². The van der Waals surface area contributed by atoms with Gasteiger partial charge in [0.2, 0.25) is 21.8 Å². The minimum atomic E-state index is -4.04. The van der Waals surface area contributed by atoms with Gasteiger partial charge in [0.1, 0.15) is 16.6 Å². The van der Waals surface area contributed by atoms with E-state index in [1.165, 1.54) is 18.2 Å². The zero-order chi connectivity index (χ0) is 29.7. The Morgan fingerprint density at radius 2 is 1.71 bits per heavy atom. The molecule has 2 aromatic carbocycles. The van der Waals surface area contributed by atoms with Crippen LogP contribution in [-0.2, 0) is 19.6 Å². The average Bonchev–Trinajstić information content (AvgIpc) is 3.63. The monoisotopic (exact) mass is 619 g/mol. The van der Waals surface area contributed by atoms with Gasteiger partial charge in [0.25, 0.3) is 5.91 Å². The van der Waals surface area contributed by atoms with Crippen molar-refractivity contribution in [3.05, 3.63) is 64.3 Å². The fourth-order valence-corrected chi connectivity index (χ4v) is 7.24. The lowest BCUT2D eigenvalue weighted by molar-refractivity contribution is -0.142. The minimum Gasteiger partial charge on any atom is -0.351 e. The van der Waals surface area contributed by atoms with Gasteiger partial charge in [0.05, 0.1) is 23.7 Å². The van der Waals surface area contributed by atoms with E-state index in [1.807, 2.05) is 45.0 Å². The molecular formula is C28H31Cl2N5O5S. The van der Waals surface area contributed by atoms with Crippen LogP contribution in [0.2, 0.25) is 10.0 Å². The number of halogens is 2. The van der Waals surface area contributed by atoms with E-state index in [4.69, 9.17) is 23.2 Å². The zero-order valence-electron chi connectivity index (χ0n) is 22.8. The molecule has 2 fully saturated rings. The van der Waals surface area contributed by atoms with Crippen molar-refractivity contribution in [3.8, 4) is 0 Å². The summed E-state index contributed by atoms with van der Waals surface area (Å²) in [6.07, 6.45) is 0.583. The number of amides is 3. The summed E-state index contributed by atoms with van der Waals surface area (Å²) in [5.41, 5.74) is 0.629. The molecule has 41 heavy (non-hydrogen) atoms. The van der Waals surface area contributed by atoms with Crippen LogP contribution in [0.4, 0.5) is 0 Å². The number of H-pyrrole nitrogens is 1. The molecule has 0 unspecified atom stereocenters. The molecule has 0 saturated carbocycles. The third kappa shape index (κ3) is 5.94. The van der Waals surface area contributed by atoms with E-state index in [1.54, 1.807) is 15.9 Å². The van der Waals surface area contributed by atoms with Gasteiger partial charge in [0.15, 0.2) is 0 Å². The highest BCUT2D eigenvalue weighted by Crippen LogP contribution is 2.33. The van der Waals surface area contributed by atoms with Crippen LogP contribution in [0, 0.1) is 5.41 Å². The first-order valence-electron chi connectivity index (χ1n) is 13.2. The molecule has 0 aliphatic carbocycles. The number of hydrogen-bond acceptors (Lipinski definition) is 5. The number of nitrogens with zero attached hydrogens (tertiary/aromatic N) is 2. The summed E-state index contributed by atoms with van der Waals surface area (Å²) in [5, 5.41) is 4.08. The molecule has 1 aromatic heterocycles. The third-order valence-electron chi connectivity index (χ3n) is 7.60. The summed E-state index contributed by atoms with van der Waals surface area (Å²) in [6.45, 7) is 5.83. The van der Waals surface area contributed by atoms with Crippen LogP contribution < -0.4 is 10.0 Å². The van der Waals surface area contributed by atoms with Crippen LogP contribution in [0.25, 0.3) is 10.9 Å². The number of sulfonamides is 1. The number of likely N-dealkylation sites (tertiary alicyclic amines) is 2. The van der Waals surface area contributed by atoms with Gasteiger partial charge >= 0.3 is 0 Å². The van der Waals surface area contributed by atoms with E-state index in [0.29, 0.717) is 23.7 Å². The highest BCUT2D eigenvalue weighted by atomic mass is 35.5. The Morgan fingerprint density at radius 3 is 2.34 bits per heavy atom. The van der Waals surface area contributed by atoms with Crippen molar-refractivity contribution >= 4 is 61.8 Å². The fourth-order valence-electron chi connectivity index (χ4n) is 5.49. The predicted octanol–water partition coefficient (Wildman–Crippen LogP) is 3.41. The molecule has 3 amide bonds. The topological polar surface area (TPSA) is 132 Å². The van der Waals surface area contributed by atoms with E-state index >= 15 is 0 Å². The van der Waals surface area contributed by atoms with Gasteiger partial charge in [-0.15, -0.1) is 0 Å². The van der Waals surface area contributed by atoms with Crippen molar-refractivity contribution in [1.29, 1.82) is 0 Å². The smallest absolute Gasteiger partial charge is 0.268 e. The molecule has 2 saturated heterocycles. The maximum Gasteiger partial charge on any atom is 0.268 e. The molecule has 218 valence electrons. The number of aromatic amines is 1. The summed E-state index contributed by atoms with van der Waals surface area (Å²) in [5.74, 6) is -0.971. The SMILES string of the molecule is CC(C)(C)[C@H](NC(=O)c1cc2ccccc2[nH]1)C(=O)N1C[C@@H]2C[C@H]1CN2C(=O)CNS(=O)(=O)c1ccc(Cl)cc1Cl. The average molecular weight is 621 g/mol. The molecule has 0 spiro atoms. The maximum atomic E-state index is 13.8. The Hall–Kier alpha value is -3.12. The van der Waals surface area contributed by atoms with Crippen molar-refractivity contribution in [2.45, 2.75) is 50.2 Å². The highest BCUT2D eigenvalue weighted by molar-refractivity contribution is 7.89. The van der Waals surface area contributed by atoms with Gasteiger partial charge in [-0.1, -0.05) is 62.2 Å². The quantitative estimate of drug-likeness (QED) is 0.373. The van der Waals surface area contributed by atoms with Crippen LogP contribution in [0.3, 0.4) is 0 Å². The second-order valence-corrected chi connectivity index (χ2v) is 14.1. The van der Waals surface area contributed by atoms with Crippen LogP contribution in [0.5, 0.6) is 0 Å². The number of benzene rings is 2. The third-order valence-corrected chi connectivity index (χ3v) is 9.72. The molecule has 3 aromatic rings. The van der Waals surface area contributed by atoms with Gasteiger partial charge in [-0.2, -0.15) is 0 Å². The van der Waals surface area contributed by atoms with Gasteiger partial charge in [-0.05, 0) is 42.2 Å². The van der Waals surface area contributed by atoms with Gasteiger partial charge in [-0.3, -0.25) is 14.4 Å². The molecule has 13 heteroatoms. The number of nitrogens with one attached hydrogen (secondary N) is 3. The lowest BCUT2D eigenvalue weighted by Crippen LogP contribution is -2.59. The summed E-state index contributed by atoms with van der Waals surface area (Å²) in [7, 11) is -4.04. The van der Waals surface area contributed by atoms with E-state index in [2.05, 4.69) is 15.0 Å². The van der Waals surface area contributed by atoms with E-state index in [0.717, 1.165) is 10.9 Å². The zero-order valence-corrected chi connectivity index (χ0v) is 25.1. The lowest BCUT2D eigenvalue weighted by Gasteiger charge is -2.39. The van der Waals surface area contributed by atoms with Crippen LogP contribution >= 0.6 is 23.2 Å². The first kappa shape index (κ1) is 29.4. The Labute approximate surface area is 248 Å². The molecule has 3 atom stereocenters. The standard InChI is InChI=1S/C28H31Cl2N5O5S/c1-28(2,3)25(33-26(37)22-10-16-6-4-5-7-21(16)32-22)27(38)35-15-18-12-19(35)14-34(18)24(36)13-31-41(39,40)23-9-8-17(29)11-20(23)30/h4-11,18-19,25,31-32H,12-15H2,1-3H3,(H,33,37)/t18-,19-,25+/m0/s1. The van der Waals surface area contributed by atoms with Gasteiger partial charge in [-0.25, -0.2) is 13.1 Å². The molecule has 2 bridgehead atoms. The second kappa shape index (κ2) is 10.9. The van der Waals surface area contributed by atoms with Crippen LogP contribution in [0.1, 0.15) is 37.7 Å². The Bertz CT molecular complexity index is 1600. The first-order chi connectivity index (χ1) is 19.2. The summed E-state index contributed by atoms with van der Waals surface area (Å²) >= 11 is 11.9. The highest BCUT2D eigenvalue weighted by Gasteiger charge is 2.49. The van der Waals surface area contributed by atoms with Crippen LogP contribution in [-0.4, -0.2) is 78.7 Å². The van der Waals surface area contributed by atoms with E-state index in [-0.39, 0.29) is 40.4 Å². The molecular weight excluding hydrogens is 589 g/mol. The summed E-state index contributed by atoms with van der Waals surface area (Å²) in [6, 6.07) is 12.0. The normalized spacial score (nSPS) is 19.5. The van der Waals surface area contributed by atoms with Crippen molar-refractivity contribution in [1.82, 2.24) is 24.8 Å². The van der Waals surface area contributed by atoms with Crippen molar-refractivity contribution in [3.63, 3.8) is 0 Å². The molecule has 3 heterocycles. The number of hydrogen-bond donors (Lipinski definition) is 3. The van der Waals surface area contributed by atoms with Crippen molar-refractivity contribution in [2.75, 3.05) is 19.6 Å². The number of aromatic nitrogens is 1. The first-order valence-corrected chi connectivity index (χ1v) is 15.4. The van der Waals surface area contributed by atoms with Crippen LogP contribution in [0.15, 0.2) is 53.4 Å². The largest absolute Gasteiger partial charge is 0.351 e. The molecule has 2 aliphatic rings. The van der Waals surface area contributed by atoms with Gasteiger partial charge < -0.3 is 20.1 Å². The number of fused-ring (bicyclic) bond motifs is 3. The molecule has 3 N–H and O–H groups in total. The molecule has 0 radical (unpaired) electrons. The second-order valence-electron chi connectivity index (χ2n) is 11.5. The Morgan fingerprint density at radius 1 is 1.02 bits per heavy atom. The Kier molecular flexibility index (Phi) is 7.84. The summed E-state index contributed by atoms with van der Waals surface area (Å²) in [4.78, 5) is 46.1. The number of piperazine rings is 1. The molecule has 5 rings (SSSR count). The number of rotatable bonds is 7. The lowest BCUT2D eigenvalue weighted by atomic mass is 9.85. The Balaban J connectivity index is 1.22. The fraction of sp³-hybridized carbons (Fsp3) is 0.393. The van der Waals surface area contributed by atoms with E-state index < -0.39 is 33.9 Å². The molecule has 10 nitrogen and oxygen atoms in total. The maximum absolute atomic E-state index is 13.8. The summed E-state index contributed by atoms with van der Waals surface area (Å²) < 4.78 is 27.7. The molecule has 2 aliphatic heterocycles. The van der Waals surface area contributed by atoms with Gasteiger partial charge in [0, 0.05) is 29.0 Å². The van der Waals surface area contributed by atoms with Crippen molar-refractivity contribution in [2.24, 2.45) is 5.41 Å². The minimum absolute atomic E-state index is 0.0446. The van der Waals surface area contributed by atoms with E-state index in [9.17, 15) is 22.8 Å². The number of carbonyl (C=O) groups is 3. The number of para-hydroxylation sites is 1. The number of carbonyl (C=O) groups excluding carboxylic acids is 3. The predicted molar refractivity (Wildman–Crippen MR) is 156 cm³/mol.